The van der Waals surface area contributed by atoms with Gasteiger partial charge in [-0.2, -0.15) is 0 Å². The Balaban J connectivity index is 1.61. The normalized spacial score (nSPS) is 42.1. The second kappa shape index (κ2) is 5.41. The summed E-state index contributed by atoms with van der Waals surface area (Å²) in [6, 6.07) is 0.899. The average molecular weight is 266 g/mol. The van der Waals surface area contributed by atoms with Gasteiger partial charge < -0.3 is 15.0 Å². The number of carbonyl (C=O) groups is 1. The minimum Gasteiger partial charge on any atom is -0.376 e. The Morgan fingerprint density at radius 1 is 1.26 bits per heavy atom. The summed E-state index contributed by atoms with van der Waals surface area (Å²) in [5.74, 6) is 1.00. The molecule has 0 bridgehead atoms. The van der Waals surface area contributed by atoms with Crippen LogP contribution in [0.3, 0.4) is 0 Å². The highest BCUT2D eigenvalue weighted by Crippen LogP contribution is 2.34. The summed E-state index contributed by atoms with van der Waals surface area (Å²) in [6.07, 6.45) is 7.40. The van der Waals surface area contributed by atoms with Gasteiger partial charge in [-0.1, -0.05) is 12.8 Å². The molecule has 3 rings (SSSR count). The van der Waals surface area contributed by atoms with E-state index in [-0.39, 0.29) is 24.1 Å². The molecule has 0 spiro atoms. The molecule has 0 aromatic carbocycles. The molecule has 1 amide bonds. The molecule has 4 heteroatoms. The predicted molar refractivity (Wildman–Crippen MR) is 73.9 cm³/mol. The van der Waals surface area contributed by atoms with Crippen LogP contribution < -0.4 is 5.32 Å². The third-order valence-electron chi connectivity index (χ3n) is 5.34. The van der Waals surface area contributed by atoms with Gasteiger partial charge in [-0.3, -0.25) is 4.79 Å². The van der Waals surface area contributed by atoms with Crippen molar-refractivity contribution in [3.05, 3.63) is 0 Å². The maximum Gasteiger partial charge on any atom is 0.239 e. The highest BCUT2D eigenvalue weighted by atomic mass is 16.5. The molecule has 0 aromatic rings. The second-order valence-electron chi connectivity index (χ2n) is 6.49. The molecule has 108 valence electrons. The van der Waals surface area contributed by atoms with Crippen molar-refractivity contribution in [1.29, 1.82) is 0 Å². The van der Waals surface area contributed by atoms with Crippen molar-refractivity contribution in [2.75, 3.05) is 13.7 Å². The van der Waals surface area contributed by atoms with Crippen LogP contribution in [0.1, 0.15) is 45.4 Å². The zero-order valence-electron chi connectivity index (χ0n) is 12.1. The van der Waals surface area contributed by atoms with Crippen LogP contribution in [0.15, 0.2) is 0 Å². The number of hydrogen-bond donors (Lipinski definition) is 1. The molecule has 4 nitrogen and oxygen atoms in total. The third-order valence-corrected chi connectivity index (χ3v) is 5.34. The molecular weight excluding hydrogens is 240 g/mol. The number of nitrogens with one attached hydrogen (secondary N) is 1. The van der Waals surface area contributed by atoms with E-state index in [9.17, 15) is 4.79 Å². The summed E-state index contributed by atoms with van der Waals surface area (Å²) in [4.78, 5) is 14.6. The first-order chi connectivity index (χ1) is 9.16. The van der Waals surface area contributed by atoms with E-state index >= 15 is 0 Å². The van der Waals surface area contributed by atoms with Crippen molar-refractivity contribution in [1.82, 2.24) is 10.2 Å². The van der Waals surface area contributed by atoms with E-state index in [1.165, 1.54) is 25.7 Å². The fourth-order valence-electron chi connectivity index (χ4n) is 4.15. The van der Waals surface area contributed by atoms with E-state index < -0.39 is 0 Å². The van der Waals surface area contributed by atoms with Crippen LogP contribution in [0.2, 0.25) is 0 Å². The Morgan fingerprint density at radius 2 is 2.05 bits per heavy atom. The van der Waals surface area contributed by atoms with Crippen molar-refractivity contribution < 1.29 is 9.53 Å². The Hall–Kier alpha value is -0.610. The summed E-state index contributed by atoms with van der Waals surface area (Å²) >= 11 is 0. The standard InChI is InChI=1S/C15H26N2O2/c1-10-14(7-8-19-10)17(2)15(18)13-9-11-5-3-4-6-12(11)16-13/h10-14,16H,3-9H2,1-2H3. The first-order valence-electron chi connectivity index (χ1n) is 7.81. The average Bonchev–Trinajstić information content (AvgIpc) is 3.02. The maximum absolute atomic E-state index is 12.6. The van der Waals surface area contributed by atoms with Gasteiger partial charge in [0.2, 0.25) is 5.91 Å². The number of fused-ring (bicyclic) bond motifs is 1. The molecule has 2 aliphatic heterocycles. The minimum atomic E-state index is 0.0471. The molecule has 0 radical (unpaired) electrons. The van der Waals surface area contributed by atoms with Crippen LogP contribution in [0.4, 0.5) is 0 Å². The van der Waals surface area contributed by atoms with Crippen LogP contribution in [-0.4, -0.2) is 48.7 Å². The number of amides is 1. The highest BCUT2D eigenvalue weighted by Gasteiger charge is 2.41. The van der Waals surface area contributed by atoms with Gasteiger partial charge in [-0.15, -0.1) is 0 Å². The summed E-state index contributed by atoms with van der Waals surface area (Å²) in [5, 5.41) is 3.58. The van der Waals surface area contributed by atoms with Crippen LogP contribution in [0.25, 0.3) is 0 Å². The molecule has 2 saturated heterocycles. The van der Waals surface area contributed by atoms with E-state index in [1.54, 1.807) is 0 Å². The monoisotopic (exact) mass is 266 g/mol. The Kier molecular flexibility index (Phi) is 3.81. The molecule has 19 heavy (non-hydrogen) atoms. The molecule has 3 aliphatic rings. The molecule has 1 aliphatic carbocycles. The van der Waals surface area contributed by atoms with Gasteiger partial charge >= 0.3 is 0 Å². The summed E-state index contributed by atoms with van der Waals surface area (Å²) in [5.41, 5.74) is 0. The maximum atomic E-state index is 12.6. The van der Waals surface area contributed by atoms with Gasteiger partial charge in [0, 0.05) is 19.7 Å². The first kappa shape index (κ1) is 13.4. The lowest BCUT2D eigenvalue weighted by molar-refractivity contribution is -0.134. The summed E-state index contributed by atoms with van der Waals surface area (Å²) < 4.78 is 5.58. The lowest BCUT2D eigenvalue weighted by Crippen LogP contribution is -2.49. The molecule has 3 fully saturated rings. The SMILES string of the molecule is CC1OCCC1N(C)C(=O)C1CC2CCCCC2N1. The van der Waals surface area contributed by atoms with Crippen molar-refractivity contribution in [2.45, 2.75) is 69.7 Å². The van der Waals surface area contributed by atoms with E-state index in [0.717, 1.165) is 25.4 Å². The van der Waals surface area contributed by atoms with Crippen LogP contribution in [0, 0.1) is 5.92 Å². The van der Waals surface area contributed by atoms with E-state index in [1.807, 2.05) is 11.9 Å². The van der Waals surface area contributed by atoms with E-state index in [4.69, 9.17) is 4.74 Å². The zero-order chi connectivity index (χ0) is 13.4. The summed E-state index contributed by atoms with van der Waals surface area (Å²) in [6.45, 7) is 2.86. The van der Waals surface area contributed by atoms with Crippen LogP contribution >= 0.6 is 0 Å². The predicted octanol–water partition coefficient (Wildman–Crippen LogP) is 1.54. The van der Waals surface area contributed by atoms with Crippen molar-refractivity contribution in [2.24, 2.45) is 5.92 Å². The quantitative estimate of drug-likeness (QED) is 0.824. The number of carbonyl (C=O) groups excluding carboxylic acids is 1. The number of likely N-dealkylation sites (N-methyl/N-ethyl adjacent to an activating group) is 1. The van der Waals surface area contributed by atoms with Crippen molar-refractivity contribution >= 4 is 5.91 Å². The molecule has 5 atom stereocenters. The van der Waals surface area contributed by atoms with Crippen LogP contribution in [-0.2, 0) is 9.53 Å². The molecule has 1 N–H and O–H groups in total. The first-order valence-corrected chi connectivity index (χ1v) is 7.81. The van der Waals surface area contributed by atoms with Crippen molar-refractivity contribution in [3.8, 4) is 0 Å². The molecule has 1 saturated carbocycles. The fourth-order valence-corrected chi connectivity index (χ4v) is 4.15. The highest BCUT2D eigenvalue weighted by molar-refractivity contribution is 5.82. The zero-order valence-corrected chi connectivity index (χ0v) is 12.1. The number of ether oxygens (including phenoxy) is 1. The fraction of sp³-hybridized carbons (Fsp3) is 0.933. The lowest BCUT2D eigenvalue weighted by Gasteiger charge is -2.29. The minimum absolute atomic E-state index is 0.0471. The van der Waals surface area contributed by atoms with E-state index in [0.29, 0.717) is 6.04 Å². The number of rotatable bonds is 2. The van der Waals surface area contributed by atoms with Gasteiger partial charge in [0.05, 0.1) is 18.2 Å². The van der Waals surface area contributed by atoms with Crippen LogP contribution in [0.5, 0.6) is 0 Å². The topological polar surface area (TPSA) is 41.6 Å². The van der Waals surface area contributed by atoms with Gasteiger partial charge in [0.15, 0.2) is 0 Å². The molecule has 2 heterocycles. The van der Waals surface area contributed by atoms with Gasteiger partial charge in [-0.25, -0.2) is 0 Å². The smallest absolute Gasteiger partial charge is 0.239 e. The number of hydrogen-bond acceptors (Lipinski definition) is 3. The molecule has 5 unspecified atom stereocenters. The molecule has 0 aromatic heterocycles. The van der Waals surface area contributed by atoms with Gasteiger partial charge in [0.25, 0.3) is 0 Å². The molecular formula is C15H26N2O2. The van der Waals surface area contributed by atoms with E-state index in [2.05, 4.69) is 12.2 Å². The Bertz CT molecular complexity index is 333. The Labute approximate surface area is 115 Å². The summed E-state index contributed by atoms with van der Waals surface area (Å²) in [7, 11) is 1.95. The van der Waals surface area contributed by atoms with Gasteiger partial charge in [-0.05, 0) is 38.5 Å². The number of nitrogens with zero attached hydrogens (tertiary/aromatic N) is 1. The third kappa shape index (κ3) is 2.52. The van der Waals surface area contributed by atoms with Gasteiger partial charge in [0.1, 0.15) is 0 Å². The lowest BCUT2D eigenvalue weighted by atomic mass is 9.85. The second-order valence-corrected chi connectivity index (χ2v) is 6.49. The van der Waals surface area contributed by atoms with Crippen molar-refractivity contribution in [3.63, 3.8) is 0 Å². The largest absolute Gasteiger partial charge is 0.376 e. The Morgan fingerprint density at radius 3 is 2.74 bits per heavy atom.